The van der Waals surface area contributed by atoms with Gasteiger partial charge in [0, 0.05) is 37.3 Å². The Kier molecular flexibility index (Phi) is 6.09. The molecule has 1 amide bonds. The highest BCUT2D eigenvalue weighted by Gasteiger charge is 2.42. The minimum Gasteiger partial charge on any atom is -0.488 e. The molecule has 0 bridgehead atoms. The Morgan fingerprint density at radius 3 is 2.59 bits per heavy atom. The molecule has 1 heterocycles. The molecule has 0 spiro atoms. The number of rotatable bonds is 5. The van der Waals surface area contributed by atoms with Gasteiger partial charge >= 0.3 is 0 Å². The van der Waals surface area contributed by atoms with Crippen molar-refractivity contribution in [3.05, 3.63) is 59.1 Å². The third-order valence-electron chi connectivity index (χ3n) is 5.92. The average Bonchev–Trinajstić information content (AvgIpc) is 3.04. The van der Waals surface area contributed by atoms with Gasteiger partial charge in [0.05, 0.1) is 6.10 Å². The van der Waals surface area contributed by atoms with Crippen LogP contribution < -0.4 is 10.1 Å². The summed E-state index contributed by atoms with van der Waals surface area (Å²) in [5, 5.41) is 14.1. The fraction of sp³-hybridized carbons (Fsp3) is 0.435. The lowest BCUT2D eigenvalue weighted by molar-refractivity contribution is -0.114. The van der Waals surface area contributed by atoms with Gasteiger partial charge in [0.2, 0.25) is 5.91 Å². The van der Waals surface area contributed by atoms with Gasteiger partial charge in [-0.3, -0.25) is 9.69 Å². The fourth-order valence-corrected chi connectivity index (χ4v) is 4.79. The zero-order valence-electron chi connectivity index (χ0n) is 16.6. The third-order valence-corrected chi connectivity index (χ3v) is 6.16. The second kappa shape index (κ2) is 8.74. The van der Waals surface area contributed by atoms with Crippen LogP contribution in [0.5, 0.6) is 5.75 Å². The number of amides is 1. The number of hydrogen-bond donors (Lipinski definition) is 2. The van der Waals surface area contributed by atoms with Crippen molar-refractivity contribution < 1.29 is 14.6 Å². The number of nitrogens with one attached hydrogen (secondary N) is 1. The Labute approximate surface area is 176 Å². The van der Waals surface area contributed by atoms with Crippen molar-refractivity contribution in [3.63, 3.8) is 0 Å². The van der Waals surface area contributed by atoms with E-state index in [0.717, 1.165) is 38.2 Å². The largest absolute Gasteiger partial charge is 0.488 e. The van der Waals surface area contributed by atoms with Gasteiger partial charge in [-0.2, -0.15) is 0 Å². The van der Waals surface area contributed by atoms with Gasteiger partial charge in [-0.05, 0) is 60.6 Å². The van der Waals surface area contributed by atoms with Crippen LogP contribution in [0.15, 0.2) is 48.5 Å². The standard InChI is InChI=1S/C23H27ClN2O3/c1-15(27)25-20-7-5-16(6-8-20)12-26-13-17-9-22(28)23(10-18(17)14-26)29-21-4-2-3-19(24)11-21/h2-8,11,17-18,22-23,28H,9-10,12-14H2,1H3,(H,25,27)/t17-,18+,22+,23+/m0/s1. The Balaban J connectivity index is 1.34. The van der Waals surface area contributed by atoms with Crippen LogP contribution in [0.4, 0.5) is 5.69 Å². The van der Waals surface area contributed by atoms with E-state index in [1.54, 1.807) is 6.07 Å². The first-order valence-electron chi connectivity index (χ1n) is 10.2. The molecule has 1 aliphatic carbocycles. The van der Waals surface area contributed by atoms with Gasteiger partial charge in [0.15, 0.2) is 0 Å². The number of hydrogen-bond acceptors (Lipinski definition) is 4. The molecule has 6 heteroatoms. The summed E-state index contributed by atoms with van der Waals surface area (Å²) in [7, 11) is 0. The molecule has 1 saturated heterocycles. The quantitative estimate of drug-likeness (QED) is 0.777. The molecule has 2 aliphatic rings. The molecule has 2 aromatic carbocycles. The Morgan fingerprint density at radius 1 is 1.17 bits per heavy atom. The number of fused-ring (bicyclic) bond motifs is 1. The number of aliphatic hydroxyl groups is 1. The SMILES string of the molecule is CC(=O)Nc1ccc(CN2C[C@H]3C[C@@H](Oc4cccc(Cl)c4)[C@H](O)C[C@H]3C2)cc1. The first-order valence-corrected chi connectivity index (χ1v) is 10.5. The monoisotopic (exact) mass is 414 g/mol. The van der Waals surface area contributed by atoms with Gasteiger partial charge in [-0.25, -0.2) is 0 Å². The average molecular weight is 415 g/mol. The molecule has 4 rings (SSSR count). The van der Waals surface area contributed by atoms with Gasteiger partial charge in [-0.15, -0.1) is 0 Å². The normalized spacial score (nSPS) is 26.7. The molecular weight excluding hydrogens is 388 g/mol. The van der Waals surface area contributed by atoms with Gasteiger partial charge in [0.25, 0.3) is 0 Å². The summed E-state index contributed by atoms with van der Waals surface area (Å²) < 4.78 is 6.07. The number of anilines is 1. The molecule has 2 N–H and O–H groups in total. The van der Waals surface area contributed by atoms with Crippen molar-refractivity contribution >= 4 is 23.2 Å². The van der Waals surface area contributed by atoms with E-state index in [4.69, 9.17) is 16.3 Å². The number of likely N-dealkylation sites (tertiary alicyclic amines) is 1. The molecule has 1 saturated carbocycles. The zero-order valence-corrected chi connectivity index (χ0v) is 17.3. The highest BCUT2D eigenvalue weighted by molar-refractivity contribution is 6.30. The summed E-state index contributed by atoms with van der Waals surface area (Å²) in [4.78, 5) is 13.6. The summed E-state index contributed by atoms with van der Waals surface area (Å²) in [6.45, 7) is 4.40. The number of halogens is 1. The van der Waals surface area contributed by atoms with Crippen molar-refractivity contribution in [1.29, 1.82) is 0 Å². The molecule has 1 aliphatic heterocycles. The summed E-state index contributed by atoms with van der Waals surface area (Å²) in [5.74, 6) is 1.69. The van der Waals surface area contributed by atoms with E-state index in [9.17, 15) is 9.90 Å². The second-order valence-electron chi connectivity index (χ2n) is 8.24. The van der Waals surface area contributed by atoms with Gasteiger partial charge in [0.1, 0.15) is 11.9 Å². The minimum atomic E-state index is -0.452. The minimum absolute atomic E-state index is 0.0607. The Morgan fingerprint density at radius 2 is 1.90 bits per heavy atom. The van der Waals surface area contributed by atoms with Gasteiger partial charge < -0.3 is 15.2 Å². The van der Waals surface area contributed by atoms with E-state index in [2.05, 4.69) is 22.3 Å². The van der Waals surface area contributed by atoms with Crippen molar-refractivity contribution in [3.8, 4) is 5.75 Å². The van der Waals surface area contributed by atoms with E-state index < -0.39 is 6.10 Å². The number of ether oxygens (including phenoxy) is 1. The summed E-state index contributed by atoms with van der Waals surface area (Å²) >= 11 is 6.05. The zero-order chi connectivity index (χ0) is 20.4. The predicted octanol–water partition coefficient (Wildman–Crippen LogP) is 3.95. The maximum Gasteiger partial charge on any atom is 0.221 e. The van der Waals surface area contributed by atoms with Crippen molar-refractivity contribution in [2.24, 2.45) is 11.8 Å². The Hall–Kier alpha value is -2.08. The van der Waals surface area contributed by atoms with E-state index in [1.165, 1.54) is 12.5 Å². The molecule has 29 heavy (non-hydrogen) atoms. The maximum atomic E-state index is 11.1. The third kappa shape index (κ3) is 5.10. The number of carbonyl (C=O) groups excluding carboxylic acids is 1. The molecule has 2 aromatic rings. The van der Waals surface area contributed by atoms with Crippen LogP contribution in [0.1, 0.15) is 25.3 Å². The van der Waals surface area contributed by atoms with Gasteiger partial charge in [-0.1, -0.05) is 29.8 Å². The van der Waals surface area contributed by atoms with Crippen LogP contribution in [0.25, 0.3) is 0 Å². The van der Waals surface area contributed by atoms with E-state index >= 15 is 0 Å². The van der Waals surface area contributed by atoms with Crippen LogP contribution >= 0.6 is 11.6 Å². The molecule has 2 fully saturated rings. The Bertz CT molecular complexity index is 857. The molecule has 5 nitrogen and oxygen atoms in total. The molecule has 154 valence electrons. The predicted molar refractivity (Wildman–Crippen MR) is 114 cm³/mol. The lowest BCUT2D eigenvalue weighted by atomic mass is 9.78. The summed E-state index contributed by atoms with van der Waals surface area (Å²) in [5.41, 5.74) is 2.05. The second-order valence-corrected chi connectivity index (χ2v) is 8.68. The van der Waals surface area contributed by atoms with Crippen LogP contribution in [0, 0.1) is 11.8 Å². The molecule has 0 aromatic heterocycles. The summed E-state index contributed by atoms with van der Waals surface area (Å²) in [6.07, 6.45) is 0.989. The highest BCUT2D eigenvalue weighted by atomic mass is 35.5. The molecular formula is C23H27ClN2O3. The first-order chi connectivity index (χ1) is 14.0. The molecule has 4 atom stereocenters. The van der Waals surface area contributed by atoms with E-state index in [-0.39, 0.29) is 12.0 Å². The topological polar surface area (TPSA) is 61.8 Å². The van der Waals surface area contributed by atoms with Crippen LogP contribution in [-0.2, 0) is 11.3 Å². The molecule has 0 radical (unpaired) electrons. The lowest BCUT2D eigenvalue weighted by Crippen LogP contribution is -2.42. The van der Waals surface area contributed by atoms with E-state index in [1.807, 2.05) is 30.3 Å². The number of aliphatic hydroxyl groups excluding tert-OH is 1. The fourth-order valence-electron chi connectivity index (χ4n) is 4.61. The number of carbonyl (C=O) groups is 1. The van der Waals surface area contributed by atoms with Crippen LogP contribution in [0.3, 0.4) is 0 Å². The summed E-state index contributed by atoms with van der Waals surface area (Å²) in [6, 6.07) is 15.4. The van der Waals surface area contributed by atoms with Crippen molar-refractivity contribution in [1.82, 2.24) is 4.90 Å². The smallest absolute Gasteiger partial charge is 0.221 e. The van der Waals surface area contributed by atoms with Crippen LogP contribution in [0.2, 0.25) is 5.02 Å². The number of benzene rings is 2. The van der Waals surface area contributed by atoms with E-state index in [0.29, 0.717) is 22.6 Å². The van der Waals surface area contributed by atoms with Crippen LogP contribution in [-0.4, -0.2) is 41.2 Å². The molecule has 0 unspecified atom stereocenters. The number of nitrogens with zero attached hydrogens (tertiary/aromatic N) is 1. The van der Waals surface area contributed by atoms with Crippen molar-refractivity contribution in [2.75, 3.05) is 18.4 Å². The first kappa shape index (κ1) is 20.2. The maximum absolute atomic E-state index is 11.1. The van der Waals surface area contributed by atoms with Crippen molar-refractivity contribution in [2.45, 2.75) is 38.5 Å². The lowest BCUT2D eigenvalue weighted by Gasteiger charge is -2.35. The highest BCUT2D eigenvalue weighted by Crippen LogP contribution is 2.38.